The van der Waals surface area contributed by atoms with Gasteiger partial charge in [0, 0.05) is 45.0 Å². The standard InChI is InChI=1S/C17H20F3N5O/c1-2-3-8-16(22-23-16)9-6-15(26)24-10-4-5-13(12-24)25-11-7-14(21-25)17(18,19)20/h1,7,11,13H,3-6,8-10,12H2. The molecule has 0 bridgehead atoms. The average molecular weight is 367 g/mol. The molecule has 3 rings (SSSR count). The van der Waals surface area contributed by atoms with E-state index in [9.17, 15) is 18.0 Å². The van der Waals surface area contributed by atoms with Gasteiger partial charge >= 0.3 is 6.18 Å². The van der Waals surface area contributed by atoms with Crippen LogP contribution in [-0.2, 0) is 11.0 Å². The lowest BCUT2D eigenvalue weighted by atomic mass is 10.0. The van der Waals surface area contributed by atoms with Crippen molar-refractivity contribution in [3.63, 3.8) is 0 Å². The number of halogens is 3. The molecule has 0 N–H and O–H groups in total. The second-order valence-electron chi connectivity index (χ2n) is 6.70. The van der Waals surface area contributed by atoms with Crippen molar-refractivity contribution in [2.24, 2.45) is 10.2 Å². The number of hydrogen-bond acceptors (Lipinski definition) is 4. The molecule has 6 nitrogen and oxygen atoms in total. The summed E-state index contributed by atoms with van der Waals surface area (Å²) in [5.74, 6) is 2.51. The number of alkyl halides is 3. The molecule has 1 amide bonds. The lowest BCUT2D eigenvalue weighted by Gasteiger charge is -2.33. The number of rotatable bonds is 6. The van der Waals surface area contributed by atoms with Crippen LogP contribution >= 0.6 is 0 Å². The Hall–Kier alpha value is -2.37. The van der Waals surface area contributed by atoms with E-state index >= 15 is 0 Å². The second-order valence-corrected chi connectivity index (χ2v) is 6.70. The first-order valence-corrected chi connectivity index (χ1v) is 8.61. The first kappa shape index (κ1) is 18.4. The number of nitrogens with zero attached hydrogens (tertiary/aromatic N) is 5. The Balaban J connectivity index is 1.54. The third-order valence-corrected chi connectivity index (χ3v) is 4.81. The summed E-state index contributed by atoms with van der Waals surface area (Å²) in [6.07, 6.45) is 5.58. The largest absolute Gasteiger partial charge is 0.435 e. The zero-order chi connectivity index (χ0) is 18.8. The van der Waals surface area contributed by atoms with E-state index in [1.807, 2.05) is 0 Å². The SMILES string of the molecule is C#CCCC1(CCC(=O)N2CCCC(n3ccc(C(F)(F)F)n3)C2)N=N1. The van der Waals surface area contributed by atoms with Crippen LogP contribution in [-0.4, -0.2) is 39.3 Å². The third kappa shape index (κ3) is 4.23. The molecular weight excluding hydrogens is 347 g/mol. The Morgan fingerprint density at radius 3 is 2.77 bits per heavy atom. The molecule has 0 saturated carbocycles. The van der Waals surface area contributed by atoms with Gasteiger partial charge in [-0.05, 0) is 18.9 Å². The van der Waals surface area contributed by atoms with Crippen molar-refractivity contribution >= 4 is 5.91 Å². The van der Waals surface area contributed by atoms with Gasteiger partial charge in [-0.15, -0.1) is 12.3 Å². The van der Waals surface area contributed by atoms with Crippen LogP contribution in [0, 0.1) is 12.3 Å². The van der Waals surface area contributed by atoms with Crippen molar-refractivity contribution in [2.75, 3.05) is 13.1 Å². The molecule has 26 heavy (non-hydrogen) atoms. The van der Waals surface area contributed by atoms with Gasteiger partial charge in [0.05, 0.1) is 6.04 Å². The molecule has 2 aliphatic rings. The van der Waals surface area contributed by atoms with Crippen LogP contribution in [0.3, 0.4) is 0 Å². The van der Waals surface area contributed by atoms with E-state index in [2.05, 4.69) is 21.2 Å². The van der Waals surface area contributed by atoms with Crippen molar-refractivity contribution in [3.05, 3.63) is 18.0 Å². The first-order chi connectivity index (χ1) is 12.3. The quantitative estimate of drug-likeness (QED) is 0.723. The van der Waals surface area contributed by atoms with E-state index in [1.54, 1.807) is 4.90 Å². The third-order valence-electron chi connectivity index (χ3n) is 4.81. The highest BCUT2D eigenvalue weighted by Crippen LogP contribution is 2.38. The fourth-order valence-corrected chi connectivity index (χ4v) is 3.22. The fourth-order valence-electron chi connectivity index (χ4n) is 3.22. The number of terminal acetylenes is 1. The Kier molecular flexibility index (Phi) is 5.03. The molecule has 1 unspecified atom stereocenters. The molecule has 0 aromatic carbocycles. The molecular formula is C17H20F3N5O. The normalized spacial score (nSPS) is 21.5. The second kappa shape index (κ2) is 7.09. The monoisotopic (exact) mass is 367 g/mol. The molecule has 0 aliphatic carbocycles. The van der Waals surface area contributed by atoms with E-state index in [4.69, 9.17) is 6.42 Å². The van der Waals surface area contributed by atoms with Crippen LogP contribution in [0.5, 0.6) is 0 Å². The van der Waals surface area contributed by atoms with Gasteiger partial charge in [0.15, 0.2) is 11.4 Å². The van der Waals surface area contributed by atoms with Crippen molar-refractivity contribution in [1.29, 1.82) is 0 Å². The molecule has 0 spiro atoms. The fraction of sp³-hybridized carbons (Fsp3) is 0.647. The van der Waals surface area contributed by atoms with E-state index in [1.165, 1.54) is 10.9 Å². The summed E-state index contributed by atoms with van der Waals surface area (Å²) >= 11 is 0. The summed E-state index contributed by atoms with van der Waals surface area (Å²) in [6, 6.07) is 0.723. The summed E-state index contributed by atoms with van der Waals surface area (Å²) in [5, 5.41) is 11.7. The van der Waals surface area contributed by atoms with Gasteiger partial charge in [-0.2, -0.15) is 28.5 Å². The topological polar surface area (TPSA) is 62.9 Å². The minimum Gasteiger partial charge on any atom is -0.341 e. The highest BCUT2D eigenvalue weighted by molar-refractivity contribution is 5.76. The zero-order valence-corrected chi connectivity index (χ0v) is 14.2. The summed E-state index contributed by atoms with van der Waals surface area (Å²) in [6.45, 7) is 0.970. The van der Waals surface area contributed by atoms with Gasteiger partial charge in [0.25, 0.3) is 0 Å². The smallest absolute Gasteiger partial charge is 0.341 e. The van der Waals surface area contributed by atoms with Gasteiger partial charge in [-0.3, -0.25) is 9.48 Å². The number of carbonyl (C=O) groups excluding carboxylic acids is 1. The average Bonchev–Trinajstić information content (AvgIpc) is 3.19. The lowest BCUT2D eigenvalue weighted by Crippen LogP contribution is -2.41. The molecule has 9 heteroatoms. The molecule has 1 atom stereocenters. The van der Waals surface area contributed by atoms with Crippen molar-refractivity contribution in [1.82, 2.24) is 14.7 Å². The number of amides is 1. The predicted molar refractivity (Wildman–Crippen MR) is 87.0 cm³/mol. The number of carbonyl (C=O) groups is 1. The molecule has 1 saturated heterocycles. The minimum atomic E-state index is -4.46. The van der Waals surface area contributed by atoms with Gasteiger partial charge < -0.3 is 4.90 Å². The van der Waals surface area contributed by atoms with Gasteiger partial charge in [-0.25, -0.2) is 0 Å². The van der Waals surface area contributed by atoms with Crippen molar-refractivity contribution in [3.8, 4) is 12.3 Å². The maximum Gasteiger partial charge on any atom is 0.435 e. The van der Waals surface area contributed by atoms with E-state index in [0.29, 0.717) is 45.2 Å². The molecule has 1 fully saturated rings. The van der Waals surface area contributed by atoms with Crippen LogP contribution in [0.2, 0.25) is 0 Å². The van der Waals surface area contributed by atoms with E-state index in [0.717, 1.165) is 12.5 Å². The van der Waals surface area contributed by atoms with Crippen LogP contribution < -0.4 is 0 Å². The Morgan fingerprint density at radius 2 is 2.15 bits per heavy atom. The van der Waals surface area contributed by atoms with Crippen LogP contribution in [0.25, 0.3) is 0 Å². The minimum absolute atomic E-state index is 0.0321. The molecule has 3 heterocycles. The van der Waals surface area contributed by atoms with Gasteiger partial charge in [-0.1, -0.05) is 0 Å². The predicted octanol–water partition coefficient (Wildman–Crippen LogP) is 3.42. The maximum atomic E-state index is 12.7. The van der Waals surface area contributed by atoms with Crippen LogP contribution in [0.1, 0.15) is 50.3 Å². The number of piperidine rings is 1. The summed E-state index contributed by atoms with van der Waals surface area (Å²) < 4.78 is 39.4. The summed E-state index contributed by atoms with van der Waals surface area (Å²) in [4.78, 5) is 14.2. The number of aromatic nitrogens is 2. The van der Waals surface area contributed by atoms with Crippen molar-refractivity contribution in [2.45, 2.75) is 56.4 Å². The Bertz CT molecular complexity index is 727. The molecule has 1 aromatic heterocycles. The van der Waals surface area contributed by atoms with Gasteiger partial charge in [0.1, 0.15) is 0 Å². The lowest BCUT2D eigenvalue weighted by molar-refractivity contribution is -0.142. The Morgan fingerprint density at radius 1 is 1.38 bits per heavy atom. The van der Waals surface area contributed by atoms with E-state index < -0.39 is 17.5 Å². The van der Waals surface area contributed by atoms with Crippen molar-refractivity contribution < 1.29 is 18.0 Å². The highest BCUT2D eigenvalue weighted by atomic mass is 19.4. The van der Waals surface area contributed by atoms with Crippen LogP contribution in [0.15, 0.2) is 22.5 Å². The molecule has 1 aromatic rings. The maximum absolute atomic E-state index is 12.7. The molecule has 140 valence electrons. The van der Waals surface area contributed by atoms with Gasteiger partial charge in [0.2, 0.25) is 5.91 Å². The highest BCUT2D eigenvalue weighted by Gasteiger charge is 2.40. The first-order valence-electron chi connectivity index (χ1n) is 8.61. The summed E-state index contributed by atoms with van der Waals surface area (Å²) in [7, 11) is 0. The number of hydrogen-bond donors (Lipinski definition) is 0. The van der Waals surface area contributed by atoms with E-state index in [-0.39, 0.29) is 11.9 Å². The molecule has 2 aliphatic heterocycles. The van der Waals surface area contributed by atoms with Crippen LogP contribution in [0.4, 0.5) is 13.2 Å². The number of likely N-dealkylation sites (tertiary alicyclic amines) is 1. The zero-order valence-electron chi connectivity index (χ0n) is 14.2. The Labute approximate surface area is 149 Å². The molecule has 0 radical (unpaired) electrons. The summed E-state index contributed by atoms with van der Waals surface area (Å²) in [5.41, 5.74) is -1.41.